The van der Waals surface area contributed by atoms with Crippen LogP contribution < -0.4 is 0 Å². The zero-order chi connectivity index (χ0) is 13.5. The Morgan fingerprint density at radius 1 is 1.00 bits per heavy atom. The molecule has 0 aromatic rings. The van der Waals surface area contributed by atoms with Crippen LogP contribution in [-0.4, -0.2) is 12.4 Å². The normalized spacial score (nSPS) is 11.9. The summed E-state index contributed by atoms with van der Waals surface area (Å²) < 4.78 is 0. The van der Waals surface area contributed by atoms with E-state index in [0.29, 0.717) is 0 Å². The largest absolute Gasteiger partial charge is 0.243 e. The summed E-state index contributed by atoms with van der Waals surface area (Å²) in [6, 6.07) is 0. The first-order chi connectivity index (χ1) is 8.81. The molecule has 0 aliphatic rings. The van der Waals surface area contributed by atoms with Gasteiger partial charge in [-0.1, -0.05) is 65.7 Å². The van der Waals surface area contributed by atoms with Crippen molar-refractivity contribution < 1.29 is 0 Å². The molecule has 0 heterocycles. The maximum Gasteiger partial charge on any atom is 0.0481 e. The summed E-state index contributed by atoms with van der Waals surface area (Å²) in [5.41, 5.74) is 0. The summed E-state index contributed by atoms with van der Waals surface area (Å²) in [5.74, 6) is 3.94. The summed E-state index contributed by atoms with van der Waals surface area (Å²) in [5, 5.41) is 0. The van der Waals surface area contributed by atoms with E-state index in [1.807, 2.05) is 0 Å². The Bertz CT molecular complexity index is 214. The quantitative estimate of drug-likeness (QED) is 0.307. The fourth-order valence-corrected chi connectivity index (χ4v) is 1.96. The van der Waals surface area contributed by atoms with Crippen LogP contribution in [0.5, 0.6) is 0 Å². The number of nitrogens with zero attached hydrogens (tertiary/aromatic N) is 1. The van der Waals surface area contributed by atoms with Crippen molar-refractivity contribution >= 4 is 5.87 Å². The van der Waals surface area contributed by atoms with Crippen LogP contribution >= 0.6 is 0 Å². The molecule has 0 aliphatic heterocycles. The second-order valence-electron chi connectivity index (χ2n) is 5.43. The van der Waals surface area contributed by atoms with Crippen LogP contribution in [0.15, 0.2) is 11.1 Å². The molecule has 1 heteroatoms. The van der Waals surface area contributed by atoms with Crippen LogP contribution in [-0.2, 0) is 0 Å². The van der Waals surface area contributed by atoms with Crippen molar-refractivity contribution in [3.8, 4) is 0 Å². The first-order valence-electron chi connectivity index (χ1n) is 8.04. The third kappa shape index (κ3) is 13.5. The van der Waals surface area contributed by atoms with Gasteiger partial charge in [0.05, 0.1) is 0 Å². The molecule has 1 nitrogen and oxygen atoms in total. The summed E-state index contributed by atoms with van der Waals surface area (Å²) in [4.78, 5) is 4.17. The number of hydrogen-bond donors (Lipinski definition) is 0. The molecule has 0 aliphatic carbocycles. The molecule has 18 heavy (non-hydrogen) atoms. The van der Waals surface area contributed by atoms with Crippen molar-refractivity contribution in [1.82, 2.24) is 0 Å². The molecule has 0 amide bonds. The van der Waals surface area contributed by atoms with Crippen molar-refractivity contribution in [2.75, 3.05) is 6.54 Å². The van der Waals surface area contributed by atoms with E-state index in [1.165, 1.54) is 51.4 Å². The minimum absolute atomic E-state index is 0.923. The molecule has 0 radical (unpaired) electrons. The van der Waals surface area contributed by atoms with Gasteiger partial charge in [0, 0.05) is 6.54 Å². The van der Waals surface area contributed by atoms with Gasteiger partial charge >= 0.3 is 0 Å². The molecule has 1 unspecified atom stereocenters. The van der Waals surface area contributed by atoms with Gasteiger partial charge in [-0.05, 0) is 37.1 Å². The Kier molecular flexibility index (Phi) is 14.1. The van der Waals surface area contributed by atoms with Gasteiger partial charge in [-0.2, -0.15) is 0 Å². The average Bonchev–Trinajstić information content (AvgIpc) is 2.39. The Hall–Kier alpha value is -0.550. The SMILES string of the molecule is CCCN=C=CCCCCCCCCC(C)CC. The maximum atomic E-state index is 4.17. The van der Waals surface area contributed by atoms with Gasteiger partial charge in [-0.3, -0.25) is 0 Å². The van der Waals surface area contributed by atoms with Gasteiger partial charge in [-0.25, -0.2) is 4.99 Å². The highest BCUT2D eigenvalue weighted by Gasteiger charge is 1.97. The second kappa shape index (κ2) is 14.5. The van der Waals surface area contributed by atoms with Crippen molar-refractivity contribution in [2.45, 2.75) is 85.0 Å². The minimum atomic E-state index is 0.923. The van der Waals surface area contributed by atoms with Crippen molar-refractivity contribution in [3.05, 3.63) is 6.08 Å². The fraction of sp³-hybridized carbons (Fsp3) is 0.882. The van der Waals surface area contributed by atoms with E-state index in [-0.39, 0.29) is 0 Å². The van der Waals surface area contributed by atoms with Gasteiger partial charge in [0.2, 0.25) is 0 Å². The molecule has 0 aromatic heterocycles. The van der Waals surface area contributed by atoms with Crippen LogP contribution in [0.4, 0.5) is 0 Å². The van der Waals surface area contributed by atoms with Gasteiger partial charge in [0.1, 0.15) is 0 Å². The molecular formula is C17H33N. The topological polar surface area (TPSA) is 12.4 Å². The van der Waals surface area contributed by atoms with Gasteiger partial charge < -0.3 is 0 Å². The molecular weight excluding hydrogens is 218 g/mol. The molecule has 106 valence electrons. The van der Waals surface area contributed by atoms with Crippen LogP contribution in [0.1, 0.15) is 85.0 Å². The third-order valence-corrected chi connectivity index (χ3v) is 3.51. The molecule has 1 atom stereocenters. The Morgan fingerprint density at radius 3 is 2.33 bits per heavy atom. The molecule has 0 aromatic carbocycles. The highest BCUT2D eigenvalue weighted by Crippen LogP contribution is 2.14. The lowest BCUT2D eigenvalue weighted by atomic mass is 10.00. The van der Waals surface area contributed by atoms with Crippen LogP contribution in [0.2, 0.25) is 0 Å². The zero-order valence-electron chi connectivity index (χ0n) is 12.9. The van der Waals surface area contributed by atoms with Crippen LogP contribution in [0.3, 0.4) is 0 Å². The van der Waals surface area contributed by atoms with Crippen molar-refractivity contribution in [3.63, 3.8) is 0 Å². The highest BCUT2D eigenvalue weighted by molar-refractivity contribution is 5.51. The highest BCUT2D eigenvalue weighted by atomic mass is 14.7. The molecule has 0 fully saturated rings. The monoisotopic (exact) mass is 251 g/mol. The lowest BCUT2D eigenvalue weighted by molar-refractivity contribution is 0.471. The second-order valence-corrected chi connectivity index (χ2v) is 5.43. The first-order valence-corrected chi connectivity index (χ1v) is 8.04. The molecule has 0 rings (SSSR count). The average molecular weight is 251 g/mol. The number of allylic oxidation sites excluding steroid dienone is 1. The smallest absolute Gasteiger partial charge is 0.0481 e. The predicted octanol–water partition coefficient (Wildman–Crippen LogP) is 5.79. The standard InChI is InChI=1S/C17H33N/c1-4-15-18-16-13-11-9-7-6-8-10-12-14-17(3)5-2/h13,17H,4-12,14-15H2,1-3H3. The maximum absolute atomic E-state index is 4.17. The summed E-state index contributed by atoms with van der Waals surface area (Å²) in [6.07, 6.45) is 15.5. The zero-order valence-corrected chi connectivity index (χ0v) is 12.9. The lowest BCUT2D eigenvalue weighted by Crippen LogP contribution is -1.91. The van der Waals surface area contributed by atoms with E-state index >= 15 is 0 Å². The molecule has 0 bridgehead atoms. The van der Waals surface area contributed by atoms with Crippen molar-refractivity contribution in [2.24, 2.45) is 10.9 Å². The van der Waals surface area contributed by atoms with E-state index in [0.717, 1.165) is 25.3 Å². The van der Waals surface area contributed by atoms with E-state index in [4.69, 9.17) is 0 Å². The van der Waals surface area contributed by atoms with Crippen molar-refractivity contribution in [1.29, 1.82) is 0 Å². The summed E-state index contributed by atoms with van der Waals surface area (Å²) >= 11 is 0. The number of rotatable bonds is 12. The number of aliphatic imine (C=N–C) groups is 1. The van der Waals surface area contributed by atoms with Crippen LogP contribution in [0.25, 0.3) is 0 Å². The summed E-state index contributed by atoms with van der Waals surface area (Å²) in [6.45, 7) is 7.73. The Labute approximate surface area is 115 Å². The molecule has 0 saturated carbocycles. The van der Waals surface area contributed by atoms with E-state index in [2.05, 4.69) is 37.7 Å². The van der Waals surface area contributed by atoms with Gasteiger partial charge in [0.25, 0.3) is 0 Å². The number of unbranched alkanes of at least 4 members (excludes halogenated alkanes) is 6. The Morgan fingerprint density at radius 2 is 1.67 bits per heavy atom. The van der Waals surface area contributed by atoms with E-state index in [9.17, 15) is 0 Å². The molecule has 0 N–H and O–H groups in total. The summed E-state index contributed by atoms with van der Waals surface area (Å²) in [7, 11) is 0. The molecule has 0 saturated heterocycles. The molecule has 0 spiro atoms. The van der Waals surface area contributed by atoms with Gasteiger partial charge in [-0.15, -0.1) is 0 Å². The Balaban J connectivity index is 3.14. The van der Waals surface area contributed by atoms with Crippen LogP contribution in [0, 0.1) is 5.92 Å². The lowest BCUT2D eigenvalue weighted by Gasteiger charge is -2.07. The minimum Gasteiger partial charge on any atom is -0.243 e. The predicted molar refractivity (Wildman–Crippen MR) is 83.6 cm³/mol. The first kappa shape index (κ1) is 17.4. The van der Waals surface area contributed by atoms with E-state index in [1.54, 1.807) is 0 Å². The third-order valence-electron chi connectivity index (χ3n) is 3.51. The van der Waals surface area contributed by atoms with Gasteiger partial charge in [0.15, 0.2) is 0 Å². The van der Waals surface area contributed by atoms with E-state index < -0.39 is 0 Å². The number of hydrogen-bond acceptors (Lipinski definition) is 1. The fourth-order valence-electron chi connectivity index (χ4n) is 1.96.